The van der Waals surface area contributed by atoms with E-state index in [1.54, 1.807) is 6.08 Å². The largest absolute Gasteiger partial charge is 0.337 e. The van der Waals surface area contributed by atoms with Gasteiger partial charge in [0.05, 0.1) is 0 Å². The lowest BCUT2D eigenvalue weighted by molar-refractivity contribution is -0.128. The Morgan fingerprint density at radius 1 is 1.16 bits per heavy atom. The molecule has 0 aliphatic carbocycles. The zero-order valence-electron chi connectivity index (χ0n) is 12.5. The van der Waals surface area contributed by atoms with Crippen LogP contribution in [-0.4, -0.2) is 72.5 Å². The molecule has 4 nitrogen and oxygen atoms in total. The van der Waals surface area contributed by atoms with Gasteiger partial charge in [-0.15, -0.1) is 0 Å². The Balaban J connectivity index is 1.79. The highest BCUT2D eigenvalue weighted by atomic mass is 16.2. The maximum Gasteiger partial charge on any atom is 0.246 e. The van der Waals surface area contributed by atoms with Gasteiger partial charge in [-0.1, -0.05) is 6.08 Å². The molecule has 2 fully saturated rings. The third-order valence-electron chi connectivity index (χ3n) is 4.39. The monoisotopic (exact) mass is 265 g/mol. The van der Waals surface area contributed by atoms with Crippen molar-refractivity contribution in [3.05, 3.63) is 12.2 Å². The highest BCUT2D eigenvalue weighted by Gasteiger charge is 2.22. The predicted octanol–water partition coefficient (Wildman–Crippen LogP) is 1.19. The summed E-state index contributed by atoms with van der Waals surface area (Å²) in [5.41, 5.74) is 0. The number of likely N-dealkylation sites (tertiary alicyclic amines) is 1. The number of carbonyl (C=O) groups is 1. The van der Waals surface area contributed by atoms with Crippen LogP contribution in [0.2, 0.25) is 0 Å². The number of rotatable bonds is 3. The predicted molar refractivity (Wildman–Crippen MR) is 78.1 cm³/mol. The lowest BCUT2D eigenvalue weighted by Crippen LogP contribution is -2.50. The minimum absolute atomic E-state index is 0.184. The number of carbonyl (C=O) groups excluding carboxylic acids is 1. The fourth-order valence-electron chi connectivity index (χ4n) is 2.94. The van der Waals surface area contributed by atoms with Crippen LogP contribution in [0.25, 0.3) is 0 Å². The van der Waals surface area contributed by atoms with Crippen LogP contribution in [0.15, 0.2) is 12.2 Å². The molecule has 0 N–H and O–H groups in total. The highest BCUT2D eigenvalue weighted by molar-refractivity contribution is 5.87. The van der Waals surface area contributed by atoms with Crippen molar-refractivity contribution in [1.29, 1.82) is 0 Å². The second-order valence-corrected chi connectivity index (χ2v) is 6.00. The van der Waals surface area contributed by atoms with Crippen LogP contribution in [0.5, 0.6) is 0 Å². The van der Waals surface area contributed by atoms with E-state index in [1.165, 1.54) is 12.8 Å². The summed E-state index contributed by atoms with van der Waals surface area (Å²) in [4.78, 5) is 18.9. The van der Waals surface area contributed by atoms with Gasteiger partial charge in [0.1, 0.15) is 0 Å². The first-order chi connectivity index (χ1) is 9.08. The van der Waals surface area contributed by atoms with Crippen molar-refractivity contribution in [1.82, 2.24) is 14.7 Å². The third-order valence-corrected chi connectivity index (χ3v) is 4.39. The molecule has 0 saturated carbocycles. The molecule has 1 amide bonds. The number of piperazine rings is 1. The molecule has 1 unspecified atom stereocenters. The Morgan fingerprint density at radius 2 is 1.84 bits per heavy atom. The topological polar surface area (TPSA) is 26.8 Å². The minimum Gasteiger partial charge on any atom is -0.337 e. The first-order valence-corrected chi connectivity index (χ1v) is 7.49. The van der Waals surface area contributed by atoms with Gasteiger partial charge in [0.15, 0.2) is 0 Å². The summed E-state index contributed by atoms with van der Waals surface area (Å²) in [6.07, 6.45) is 6.30. The Morgan fingerprint density at radius 3 is 2.37 bits per heavy atom. The average Bonchev–Trinajstić information content (AvgIpc) is 2.81. The summed E-state index contributed by atoms with van der Waals surface area (Å²) >= 11 is 0. The van der Waals surface area contributed by atoms with Crippen LogP contribution in [0.1, 0.15) is 26.7 Å². The molecule has 2 heterocycles. The zero-order valence-corrected chi connectivity index (χ0v) is 12.5. The van der Waals surface area contributed by atoms with Crippen LogP contribution in [0.3, 0.4) is 0 Å². The van der Waals surface area contributed by atoms with E-state index in [1.807, 2.05) is 4.90 Å². The minimum atomic E-state index is 0.184. The molecule has 2 rings (SSSR count). The van der Waals surface area contributed by atoms with E-state index in [0.29, 0.717) is 12.1 Å². The fourth-order valence-corrected chi connectivity index (χ4v) is 2.94. The SMILES string of the molecule is CC(C)N1CCN(C(=O)/C=C\C2CCCN2C)CC1. The molecule has 2 saturated heterocycles. The van der Waals surface area contributed by atoms with Gasteiger partial charge in [0.2, 0.25) is 5.91 Å². The van der Waals surface area contributed by atoms with E-state index in [0.717, 1.165) is 32.7 Å². The maximum absolute atomic E-state index is 12.1. The van der Waals surface area contributed by atoms with E-state index < -0.39 is 0 Å². The standard InChI is InChI=1S/C15H27N3O/c1-13(2)17-9-11-18(12-10-17)15(19)7-6-14-5-4-8-16(14)3/h6-7,13-14H,4-5,8-12H2,1-3H3/b7-6-. The maximum atomic E-state index is 12.1. The van der Waals surface area contributed by atoms with Crippen molar-refractivity contribution < 1.29 is 4.79 Å². The zero-order chi connectivity index (χ0) is 13.8. The lowest BCUT2D eigenvalue weighted by Gasteiger charge is -2.36. The summed E-state index contributed by atoms with van der Waals surface area (Å²) in [5, 5.41) is 0. The van der Waals surface area contributed by atoms with Crippen molar-refractivity contribution >= 4 is 5.91 Å². The van der Waals surface area contributed by atoms with Gasteiger partial charge in [-0.3, -0.25) is 14.6 Å². The summed E-state index contributed by atoms with van der Waals surface area (Å²) in [7, 11) is 2.13. The van der Waals surface area contributed by atoms with Crippen LogP contribution in [-0.2, 0) is 4.79 Å². The number of hydrogen-bond donors (Lipinski definition) is 0. The molecule has 1 atom stereocenters. The molecule has 2 aliphatic rings. The quantitative estimate of drug-likeness (QED) is 0.717. The van der Waals surface area contributed by atoms with Crippen LogP contribution < -0.4 is 0 Å². The van der Waals surface area contributed by atoms with Gasteiger partial charge in [-0.05, 0) is 40.3 Å². The van der Waals surface area contributed by atoms with E-state index in [-0.39, 0.29) is 5.91 Å². The van der Waals surface area contributed by atoms with Gasteiger partial charge in [-0.2, -0.15) is 0 Å². The number of hydrogen-bond acceptors (Lipinski definition) is 3. The second kappa shape index (κ2) is 6.53. The van der Waals surface area contributed by atoms with Crippen molar-refractivity contribution in [2.24, 2.45) is 0 Å². The first kappa shape index (κ1) is 14.5. The van der Waals surface area contributed by atoms with Crippen molar-refractivity contribution in [3.63, 3.8) is 0 Å². The molecular formula is C15H27N3O. The van der Waals surface area contributed by atoms with Gasteiger partial charge in [0, 0.05) is 44.3 Å². The molecule has 4 heteroatoms. The Hall–Kier alpha value is -0.870. The molecule has 0 spiro atoms. The molecule has 0 aromatic carbocycles. The summed E-state index contributed by atoms with van der Waals surface area (Å²) in [5.74, 6) is 0.184. The van der Waals surface area contributed by atoms with Crippen LogP contribution >= 0.6 is 0 Å². The molecule has 108 valence electrons. The summed E-state index contributed by atoms with van der Waals surface area (Å²) in [6, 6.07) is 1.04. The van der Waals surface area contributed by atoms with Crippen molar-refractivity contribution in [2.45, 2.75) is 38.8 Å². The third kappa shape index (κ3) is 3.80. The average molecular weight is 265 g/mol. The molecule has 0 radical (unpaired) electrons. The number of nitrogens with zero attached hydrogens (tertiary/aromatic N) is 3. The number of amides is 1. The van der Waals surface area contributed by atoms with Gasteiger partial charge < -0.3 is 4.90 Å². The van der Waals surface area contributed by atoms with E-state index in [4.69, 9.17) is 0 Å². The molecule has 0 bridgehead atoms. The van der Waals surface area contributed by atoms with E-state index >= 15 is 0 Å². The van der Waals surface area contributed by atoms with E-state index in [2.05, 4.69) is 36.8 Å². The summed E-state index contributed by atoms with van der Waals surface area (Å²) in [6.45, 7) is 9.31. The highest BCUT2D eigenvalue weighted by Crippen LogP contribution is 2.16. The summed E-state index contributed by atoms with van der Waals surface area (Å²) < 4.78 is 0. The Labute approximate surface area is 117 Å². The van der Waals surface area contributed by atoms with Crippen molar-refractivity contribution in [2.75, 3.05) is 39.8 Å². The molecule has 0 aromatic rings. The molecule has 2 aliphatic heterocycles. The molecule has 19 heavy (non-hydrogen) atoms. The van der Waals surface area contributed by atoms with Crippen LogP contribution in [0.4, 0.5) is 0 Å². The molecule has 0 aromatic heterocycles. The van der Waals surface area contributed by atoms with Crippen LogP contribution in [0, 0.1) is 0 Å². The molecular weight excluding hydrogens is 238 g/mol. The number of likely N-dealkylation sites (N-methyl/N-ethyl adjacent to an activating group) is 1. The fraction of sp³-hybridized carbons (Fsp3) is 0.800. The second-order valence-electron chi connectivity index (χ2n) is 6.00. The van der Waals surface area contributed by atoms with E-state index in [9.17, 15) is 4.79 Å². The smallest absolute Gasteiger partial charge is 0.246 e. The first-order valence-electron chi connectivity index (χ1n) is 7.49. The van der Waals surface area contributed by atoms with Gasteiger partial charge >= 0.3 is 0 Å². The van der Waals surface area contributed by atoms with Crippen molar-refractivity contribution in [3.8, 4) is 0 Å². The van der Waals surface area contributed by atoms with Gasteiger partial charge in [-0.25, -0.2) is 0 Å². The Kier molecular flexibility index (Phi) is 4.99. The normalized spacial score (nSPS) is 26.7. The Bertz CT molecular complexity index is 332. The lowest BCUT2D eigenvalue weighted by atomic mass is 10.2. The van der Waals surface area contributed by atoms with Gasteiger partial charge in [0.25, 0.3) is 0 Å².